The lowest BCUT2D eigenvalue weighted by Gasteiger charge is -2.12. The lowest BCUT2D eigenvalue weighted by Crippen LogP contribution is -2.21. The fraction of sp³-hybridized carbons (Fsp3) is 0.417. The molecule has 0 unspecified atom stereocenters. The SMILES string of the molecule is CCC(CC)C(=O)Nc1ccc(Br)cc1. The molecule has 0 heterocycles. The van der Waals surface area contributed by atoms with E-state index in [2.05, 4.69) is 21.2 Å². The number of rotatable bonds is 4. The molecule has 0 bridgehead atoms. The maximum atomic E-state index is 11.7. The molecule has 0 aliphatic heterocycles. The lowest BCUT2D eigenvalue weighted by atomic mass is 10.0. The predicted molar refractivity (Wildman–Crippen MR) is 66.8 cm³/mol. The van der Waals surface area contributed by atoms with Gasteiger partial charge in [-0.25, -0.2) is 0 Å². The largest absolute Gasteiger partial charge is 0.326 e. The summed E-state index contributed by atoms with van der Waals surface area (Å²) in [6.45, 7) is 4.07. The molecular formula is C12H16BrNO. The smallest absolute Gasteiger partial charge is 0.227 e. The van der Waals surface area contributed by atoms with Gasteiger partial charge in [0.2, 0.25) is 5.91 Å². The van der Waals surface area contributed by atoms with Crippen molar-refractivity contribution in [1.82, 2.24) is 0 Å². The van der Waals surface area contributed by atoms with Gasteiger partial charge < -0.3 is 5.32 Å². The first-order valence-electron chi connectivity index (χ1n) is 5.23. The van der Waals surface area contributed by atoms with Crippen LogP contribution in [0.25, 0.3) is 0 Å². The number of hydrogen-bond donors (Lipinski definition) is 1. The topological polar surface area (TPSA) is 29.1 Å². The summed E-state index contributed by atoms with van der Waals surface area (Å²) in [6, 6.07) is 7.62. The highest BCUT2D eigenvalue weighted by Crippen LogP contribution is 2.16. The van der Waals surface area contributed by atoms with Gasteiger partial charge in [0, 0.05) is 16.1 Å². The summed E-state index contributed by atoms with van der Waals surface area (Å²) < 4.78 is 1.02. The molecular weight excluding hydrogens is 254 g/mol. The zero-order valence-corrected chi connectivity index (χ0v) is 10.7. The molecule has 1 amide bonds. The first kappa shape index (κ1) is 12.2. The van der Waals surface area contributed by atoms with E-state index in [1.807, 2.05) is 38.1 Å². The molecule has 1 aromatic carbocycles. The summed E-state index contributed by atoms with van der Waals surface area (Å²) in [6.07, 6.45) is 1.78. The van der Waals surface area contributed by atoms with Crippen molar-refractivity contribution < 1.29 is 4.79 Å². The van der Waals surface area contributed by atoms with Crippen LogP contribution in [0, 0.1) is 5.92 Å². The van der Waals surface area contributed by atoms with Crippen LogP contribution < -0.4 is 5.32 Å². The van der Waals surface area contributed by atoms with E-state index in [9.17, 15) is 4.79 Å². The van der Waals surface area contributed by atoms with Gasteiger partial charge in [-0.05, 0) is 37.1 Å². The molecule has 0 saturated heterocycles. The van der Waals surface area contributed by atoms with Crippen molar-refractivity contribution in [3.63, 3.8) is 0 Å². The molecule has 0 aliphatic rings. The van der Waals surface area contributed by atoms with Crippen molar-refractivity contribution in [1.29, 1.82) is 0 Å². The Balaban J connectivity index is 2.61. The van der Waals surface area contributed by atoms with Crippen molar-refractivity contribution >= 4 is 27.5 Å². The summed E-state index contributed by atoms with van der Waals surface area (Å²) >= 11 is 3.36. The van der Waals surface area contributed by atoms with Crippen LogP contribution in [-0.2, 0) is 4.79 Å². The van der Waals surface area contributed by atoms with Crippen LogP contribution >= 0.6 is 15.9 Å². The molecule has 1 aromatic rings. The molecule has 0 aliphatic carbocycles. The minimum atomic E-state index is 0.113. The van der Waals surface area contributed by atoms with Crippen molar-refractivity contribution in [2.24, 2.45) is 5.92 Å². The summed E-state index contributed by atoms with van der Waals surface area (Å²) in [5.74, 6) is 0.232. The molecule has 82 valence electrons. The normalized spacial score (nSPS) is 10.4. The quantitative estimate of drug-likeness (QED) is 0.885. The van der Waals surface area contributed by atoms with Gasteiger partial charge in [-0.3, -0.25) is 4.79 Å². The maximum absolute atomic E-state index is 11.7. The second kappa shape index (κ2) is 5.91. The molecule has 0 atom stereocenters. The van der Waals surface area contributed by atoms with Crippen LogP contribution in [0.3, 0.4) is 0 Å². The van der Waals surface area contributed by atoms with Gasteiger partial charge in [-0.15, -0.1) is 0 Å². The van der Waals surface area contributed by atoms with Gasteiger partial charge in [0.05, 0.1) is 0 Å². The molecule has 0 saturated carbocycles. The number of nitrogens with one attached hydrogen (secondary N) is 1. The first-order valence-corrected chi connectivity index (χ1v) is 6.03. The van der Waals surface area contributed by atoms with Gasteiger partial charge in [0.15, 0.2) is 0 Å². The molecule has 15 heavy (non-hydrogen) atoms. The van der Waals surface area contributed by atoms with Gasteiger partial charge in [0.1, 0.15) is 0 Å². The van der Waals surface area contributed by atoms with Crippen LogP contribution in [0.15, 0.2) is 28.7 Å². The Kier molecular flexibility index (Phi) is 4.82. The Morgan fingerprint density at radius 2 is 1.80 bits per heavy atom. The Morgan fingerprint density at radius 1 is 1.27 bits per heavy atom. The second-order valence-electron chi connectivity index (χ2n) is 3.51. The van der Waals surface area contributed by atoms with Crippen LogP contribution in [0.5, 0.6) is 0 Å². The number of anilines is 1. The Labute approximate surface area is 99.2 Å². The molecule has 1 N–H and O–H groups in total. The molecule has 0 fully saturated rings. The second-order valence-corrected chi connectivity index (χ2v) is 4.43. The number of carbonyl (C=O) groups excluding carboxylic acids is 1. The number of amides is 1. The zero-order chi connectivity index (χ0) is 11.3. The molecule has 1 rings (SSSR count). The fourth-order valence-corrected chi connectivity index (χ4v) is 1.70. The average Bonchev–Trinajstić information content (AvgIpc) is 2.23. The Morgan fingerprint density at radius 3 is 2.27 bits per heavy atom. The Bertz CT molecular complexity index is 317. The van der Waals surface area contributed by atoms with Crippen LogP contribution in [0.4, 0.5) is 5.69 Å². The van der Waals surface area contributed by atoms with Crippen molar-refractivity contribution in [3.8, 4) is 0 Å². The molecule has 0 aromatic heterocycles. The van der Waals surface area contributed by atoms with Crippen LogP contribution in [0.2, 0.25) is 0 Å². The van der Waals surface area contributed by atoms with E-state index in [-0.39, 0.29) is 11.8 Å². The van der Waals surface area contributed by atoms with Crippen molar-refractivity contribution in [3.05, 3.63) is 28.7 Å². The maximum Gasteiger partial charge on any atom is 0.227 e. The highest BCUT2D eigenvalue weighted by molar-refractivity contribution is 9.10. The summed E-state index contributed by atoms with van der Waals surface area (Å²) in [5.41, 5.74) is 0.857. The molecule has 0 radical (unpaired) electrons. The van der Waals surface area contributed by atoms with E-state index < -0.39 is 0 Å². The monoisotopic (exact) mass is 269 g/mol. The van der Waals surface area contributed by atoms with Gasteiger partial charge in [-0.2, -0.15) is 0 Å². The van der Waals surface area contributed by atoms with E-state index in [0.717, 1.165) is 23.0 Å². The molecule has 3 heteroatoms. The molecule has 2 nitrogen and oxygen atoms in total. The summed E-state index contributed by atoms with van der Waals surface area (Å²) in [4.78, 5) is 11.7. The minimum absolute atomic E-state index is 0.113. The lowest BCUT2D eigenvalue weighted by molar-refractivity contribution is -0.120. The standard InChI is InChI=1S/C12H16BrNO/c1-3-9(4-2)12(15)14-11-7-5-10(13)6-8-11/h5-9H,3-4H2,1-2H3,(H,14,15). The summed E-state index contributed by atoms with van der Waals surface area (Å²) in [5, 5.41) is 2.91. The third kappa shape index (κ3) is 3.67. The number of benzene rings is 1. The highest BCUT2D eigenvalue weighted by atomic mass is 79.9. The van der Waals surface area contributed by atoms with E-state index in [0.29, 0.717) is 0 Å². The van der Waals surface area contributed by atoms with Gasteiger partial charge in [0.25, 0.3) is 0 Å². The fourth-order valence-electron chi connectivity index (χ4n) is 1.44. The third-order valence-corrected chi connectivity index (χ3v) is 3.00. The summed E-state index contributed by atoms with van der Waals surface area (Å²) in [7, 11) is 0. The van der Waals surface area contributed by atoms with E-state index >= 15 is 0 Å². The van der Waals surface area contributed by atoms with Gasteiger partial charge >= 0.3 is 0 Å². The highest BCUT2D eigenvalue weighted by Gasteiger charge is 2.13. The Hall–Kier alpha value is -0.830. The average molecular weight is 270 g/mol. The number of carbonyl (C=O) groups is 1. The van der Waals surface area contributed by atoms with E-state index in [4.69, 9.17) is 0 Å². The molecule has 0 spiro atoms. The van der Waals surface area contributed by atoms with E-state index in [1.165, 1.54) is 0 Å². The first-order chi connectivity index (χ1) is 7.17. The van der Waals surface area contributed by atoms with Crippen molar-refractivity contribution in [2.75, 3.05) is 5.32 Å². The van der Waals surface area contributed by atoms with Gasteiger partial charge in [-0.1, -0.05) is 29.8 Å². The predicted octanol–water partition coefficient (Wildman–Crippen LogP) is 3.82. The third-order valence-electron chi connectivity index (χ3n) is 2.47. The minimum Gasteiger partial charge on any atom is -0.326 e. The number of halogens is 1. The zero-order valence-electron chi connectivity index (χ0n) is 9.09. The van der Waals surface area contributed by atoms with Crippen molar-refractivity contribution in [2.45, 2.75) is 26.7 Å². The van der Waals surface area contributed by atoms with Crippen LogP contribution in [0.1, 0.15) is 26.7 Å². The van der Waals surface area contributed by atoms with E-state index in [1.54, 1.807) is 0 Å². The number of hydrogen-bond acceptors (Lipinski definition) is 1. The van der Waals surface area contributed by atoms with Crippen LogP contribution in [-0.4, -0.2) is 5.91 Å².